The highest BCUT2D eigenvalue weighted by Crippen LogP contribution is 2.23. The highest BCUT2D eigenvalue weighted by atomic mass is 16.5. The zero-order chi connectivity index (χ0) is 15.4. The Hall–Kier alpha value is -2.25. The number of primary amides is 1. The first-order valence-electron chi connectivity index (χ1n) is 7.26. The Bertz CT molecular complexity index is 602. The number of ether oxygens (including phenoxy) is 1. The van der Waals surface area contributed by atoms with Crippen LogP contribution in [0.3, 0.4) is 0 Å². The average Bonchev–Trinajstić information content (AvgIpc) is 3.01. The number of amides is 1. The van der Waals surface area contributed by atoms with Gasteiger partial charge in [-0.2, -0.15) is 5.10 Å². The molecule has 116 valence electrons. The molecule has 0 unspecified atom stereocenters. The Morgan fingerprint density at radius 3 is 2.91 bits per heavy atom. The smallest absolute Gasteiger partial charge is 0.239 e. The summed E-state index contributed by atoms with van der Waals surface area (Å²) in [6.07, 6.45) is 3.11. The molecule has 2 aromatic rings. The molecule has 1 amide bonds. The Morgan fingerprint density at radius 1 is 1.41 bits per heavy atom. The molecule has 0 bridgehead atoms. The van der Waals surface area contributed by atoms with Gasteiger partial charge in [0.1, 0.15) is 18.7 Å². The number of nitrogens with two attached hydrogens (primary N) is 1. The van der Waals surface area contributed by atoms with Crippen LogP contribution < -0.4 is 5.73 Å². The van der Waals surface area contributed by atoms with E-state index < -0.39 is 6.04 Å². The summed E-state index contributed by atoms with van der Waals surface area (Å²) in [5.41, 5.74) is 6.55. The normalized spacial score (nSPS) is 20.6. The lowest BCUT2D eigenvalue weighted by atomic mass is 10.0. The van der Waals surface area contributed by atoms with Crippen molar-refractivity contribution in [1.82, 2.24) is 19.7 Å². The van der Waals surface area contributed by atoms with E-state index in [9.17, 15) is 4.79 Å². The summed E-state index contributed by atoms with van der Waals surface area (Å²) in [6.45, 7) is 2.48. The van der Waals surface area contributed by atoms with Crippen molar-refractivity contribution in [1.29, 1.82) is 0 Å². The molecule has 2 atom stereocenters. The van der Waals surface area contributed by atoms with Gasteiger partial charge in [-0.05, 0) is 5.56 Å². The van der Waals surface area contributed by atoms with Gasteiger partial charge >= 0.3 is 0 Å². The van der Waals surface area contributed by atoms with Gasteiger partial charge in [-0.25, -0.2) is 4.98 Å². The monoisotopic (exact) mass is 301 g/mol. The minimum Gasteiger partial charge on any atom is -0.374 e. The summed E-state index contributed by atoms with van der Waals surface area (Å²) in [7, 11) is 0. The Labute approximate surface area is 128 Å². The molecule has 1 aliphatic rings. The first-order chi connectivity index (χ1) is 10.7. The van der Waals surface area contributed by atoms with E-state index in [1.165, 1.54) is 6.33 Å². The third kappa shape index (κ3) is 3.32. The summed E-state index contributed by atoms with van der Waals surface area (Å²) < 4.78 is 7.50. The van der Waals surface area contributed by atoms with Gasteiger partial charge in [-0.15, -0.1) is 0 Å². The molecule has 0 aliphatic carbocycles. The number of rotatable bonds is 5. The molecule has 2 heterocycles. The highest BCUT2D eigenvalue weighted by molar-refractivity contribution is 5.81. The minimum atomic E-state index is -0.427. The van der Waals surface area contributed by atoms with Crippen molar-refractivity contribution in [3.05, 3.63) is 48.5 Å². The maximum Gasteiger partial charge on any atom is 0.239 e. The molecular weight excluding hydrogens is 282 g/mol. The predicted molar refractivity (Wildman–Crippen MR) is 79.7 cm³/mol. The topological polar surface area (TPSA) is 86.3 Å². The molecule has 1 aromatic heterocycles. The third-order valence-electron chi connectivity index (χ3n) is 3.78. The fraction of sp³-hybridized carbons (Fsp3) is 0.400. The number of benzene rings is 1. The van der Waals surface area contributed by atoms with E-state index in [-0.39, 0.29) is 12.0 Å². The molecule has 1 saturated heterocycles. The van der Waals surface area contributed by atoms with Crippen molar-refractivity contribution in [2.24, 2.45) is 5.73 Å². The first-order valence-corrected chi connectivity index (χ1v) is 7.26. The SMILES string of the molecule is NC(=O)[C@H](c1ccccc1)N1CCO[C@@H](Cn2cncn2)C1. The Morgan fingerprint density at radius 2 is 2.23 bits per heavy atom. The largest absolute Gasteiger partial charge is 0.374 e. The van der Waals surface area contributed by atoms with Crippen LogP contribution in [-0.4, -0.2) is 51.4 Å². The number of nitrogens with zero attached hydrogens (tertiary/aromatic N) is 4. The van der Waals surface area contributed by atoms with E-state index in [1.807, 2.05) is 30.3 Å². The number of carbonyl (C=O) groups is 1. The second kappa shape index (κ2) is 6.67. The number of aromatic nitrogens is 3. The molecule has 0 radical (unpaired) electrons. The lowest BCUT2D eigenvalue weighted by Crippen LogP contribution is -2.49. The second-order valence-electron chi connectivity index (χ2n) is 5.32. The van der Waals surface area contributed by atoms with Crippen molar-refractivity contribution in [3.63, 3.8) is 0 Å². The summed E-state index contributed by atoms with van der Waals surface area (Å²) in [6, 6.07) is 9.18. The first kappa shape index (κ1) is 14.7. The average molecular weight is 301 g/mol. The van der Waals surface area contributed by atoms with Crippen molar-refractivity contribution in [2.75, 3.05) is 19.7 Å². The summed E-state index contributed by atoms with van der Waals surface area (Å²) >= 11 is 0. The van der Waals surface area contributed by atoms with E-state index in [0.29, 0.717) is 26.2 Å². The molecule has 1 fully saturated rings. The maximum absolute atomic E-state index is 11.9. The molecule has 1 aromatic carbocycles. The molecule has 0 spiro atoms. The van der Waals surface area contributed by atoms with Crippen molar-refractivity contribution in [2.45, 2.75) is 18.7 Å². The molecule has 7 nitrogen and oxygen atoms in total. The van der Waals surface area contributed by atoms with E-state index in [0.717, 1.165) is 5.56 Å². The van der Waals surface area contributed by atoms with E-state index in [2.05, 4.69) is 15.0 Å². The van der Waals surface area contributed by atoms with Gasteiger partial charge in [-0.3, -0.25) is 14.4 Å². The fourth-order valence-corrected chi connectivity index (χ4v) is 2.81. The summed E-state index contributed by atoms with van der Waals surface area (Å²) in [5.74, 6) is -0.340. The maximum atomic E-state index is 11.9. The third-order valence-corrected chi connectivity index (χ3v) is 3.78. The number of carbonyl (C=O) groups excluding carboxylic acids is 1. The van der Waals surface area contributed by atoms with Crippen LogP contribution in [0.25, 0.3) is 0 Å². The van der Waals surface area contributed by atoms with Gasteiger partial charge < -0.3 is 10.5 Å². The Kier molecular flexibility index (Phi) is 4.45. The molecular formula is C15H19N5O2. The molecule has 2 N–H and O–H groups in total. The van der Waals surface area contributed by atoms with Crippen LogP contribution in [0, 0.1) is 0 Å². The van der Waals surface area contributed by atoms with E-state index in [1.54, 1.807) is 11.0 Å². The van der Waals surface area contributed by atoms with Gasteiger partial charge in [0.25, 0.3) is 0 Å². The van der Waals surface area contributed by atoms with Gasteiger partial charge in [0.05, 0.1) is 19.3 Å². The predicted octanol–water partition coefficient (Wildman–Crippen LogP) is 0.205. The number of hydrogen-bond acceptors (Lipinski definition) is 5. The van der Waals surface area contributed by atoms with Crippen molar-refractivity contribution < 1.29 is 9.53 Å². The standard InChI is InChI=1S/C15H19N5O2/c16-15(21)14(12-4-2-1-3-5-12)19-6-7-22-13(8-19)9-20-11-17-10-18-20/h1-5,10-11,13-14H,6-9H2,(H2,16,21)/t13-,14+/m1/s1. The number of hydrogen-bond donors (Lipinski definition) is 1. The van der Waals surface area contributed by atoms with Crippen LogP contribution in [0.2, 0.25) is 0 Å². The summed E-state index contributed by atoms with van der Waals surface area (Å²) in [5, 5.41) is 4.09. The summed E-state index contributed by atoms with van der Waals surface area (Å²) in [4.78, 5) is 17.9. The zero-order valence-corrected chi connectivity index (χ0v) is 12.2. The molecule has 1 aliphatic heterocycles. The zero-order valence-electron chi connectivity index (χ0n) is 12.2. The van der Waals surface area contributed by atoms with Crippen LogP contribution >= 0.6 is 0 Å². The molecule has 22 heavy (non-hydrogen) atoms. The lowest BCUT2D eigenvalue weighted by molar-refractivity contribution is -0.127. The molecule has 7 heteroatoms. The van der Waals surface area contributed by atoms with Crippen LogP contribution in [0.1, 0.15) is 11.6 Å². The van der Waals surface area contributed by atoms with Crippen LogP contribution in [0.15, 0.2) is 43.0 Å². The second-order valence-corrected chi connectivity index (χ2v) is 5.32. The van der Waals surface area contributed by atoms with Crippen LogP contribution in [0.4, 0.5) is 0 Å². The Balaban J connectivity index is 1.73. The van der Waals surface area contributed by atoms with E-state index >= 15 is 0 Å². The van der Waals surface area contributed by atoms with Crippen molar-refractivity contribution >= 4 is 5.91 Å². The van der Waals surface area contributed by atoms with Crippen molar-refractivity contribution in [3.8, 4) is 0 Å². The number of morpholine rings is 1. The van der Waals surface area contributed by atoms with Gasteiger partial charge in [0.15, 0.2) is 0 Å². The molecule has 0 saturated carbocycles. The van der Waals surface area contributed by atoms with Crippen LogP contribution in [-0.2, 0) is 16.1 Å². The molecule has 3 rings (SSSR count). The van der Waals surface area contributed by atoms with Gasteiger partial charge in [-0.1, -0.05) is 30.3 Å². The quantitative estimate of drug-likeness (QED) is 0.853. The fourth-order valence-electron chi connectivity index (χ4n) is 2.81. The highest BCUT2D eigenvalue weighted by Gasteiger charge is 2.31. The lowest BCUT2D eigenvalue weighted by Gasteiger charge is -2.37. The van der Waals surface area contributed by atoms with Gasteiger partial charge in [0, 0.05) is 13.1 Å². The van der Waals surface area contributed by atoms with Crippen LogP contribution in [0.5, 0.6) is 0 Å². The van der Waals surface area contributed by atoms with Gasteiger partial charge in [0.2, 0.25) is 5.91 Å². The van der Waals surface area contributed by atoms with E-state index in [4.69, 9.17) is 10.5 Å². The minimum absolute atomic E-state index is 0.0407.